The summed E-state index contributed by atoms with van der Waals surface area (Å²) in [5.74, 6) is -4.19. The third-order valence-corrected chi connectivity index (χ3v) is 14.7. The molecule has 354 valence electrons. The third-order valence-electron chi connectivity index (χ3n) is 13.7. The number of halogens is 2. The molecule has 0 spiro atoms. The Bertz CT molecular complexity index is 2540. The molecule has 1 aromatic carbocycles. The molecule has 4 aliphatic rings. The lowest BCUT2D eigenvalue weighted by molar-refractivity contribution is -0.151. The topological polar surface area (TPSA) is 197 Å². The minimum absolute atomic E-state index is 0.00410. The van der Waals surface area contributed by atoms with Gasteiger partial charge in [0.2, 0.25) is 23.6 Å². The van der Waals surface area contributed by atoms with Crippen LogP contribution in [0.4, 0.5) is 26.2 Å². The van der Waals surface area contributed by atoms with Crippen LogP contribution in [0.2, 0.25) is 0 Å². The minimum Gasteiger partial charge on any atom is -0.391 e. The molecular weight excluding hydrogens is 879 g/mol. The second-order valence-electron chi connectivity index (χ2n) is 19.6. The summed E-state index contributed by atoms with van der Waals surface area (Å²) in [7, 11) is 0. The first-order valence-electron chi connectivity index (χ1n) is 23.0. The maximum Gasteiger partial charge on any atom is 0.266 e. The summed E-state index contributed by atoms with van der Waals surface area (Å²) in [5, 5.41) is 29.3. The molecule has 2 unspecified atom stereocenters. The van der Waals surface area contributed by atoms with Crippen LogP contribution < -0.4 is 20.9 Å². The number of aliphatic hydroxyl groups is 1. The van der Waals surface area contributed by atoms with E-state index in [1.165, 1.54) is 11.1 Å². The fourth-order valence-electron chi connectivity index (χ4n) is 9.67. The Kier molecular flexibility index (Phi) is 13.6. The smallest absolute Gasteiger partial charge is 0.266 e. The number of anilines is 3. The number of β-amino-alcohol motifs (C(OH)–C–C–N with tert-alkyl or cyclic N) is 1. The molecule has 4 fully saturated rings. The minimum atomic E-state index is -2.83. The van der Waals surface area contributed by atoms with Gasteiger partial charge in [0.15, 0.2) is 0 Å². The van der Waals surface area contributed by atoms with E-state index in [-0.39, 0.29) is 43.8 Å². The van der Waals surface area contributed by atoms with Crippen LogP contribution in [0.5, 0.6) is 0 Å². The van der Waals surface area contributed by atoms with Gasteiger partial charge in [-0.1, -0.05) is 45.0 Å². The summed E-state index contributed by atoms with van der Waals surface area (Å²) in [6, 6.07) is 14.5. The molecule has 1 saturated carbocycles. The van der Waals surface area contributed by atoms with E-state index in [1.807, 2.05) is 71.0 Å². The predicted octanol–water partition coefficient (Wildman–Crippen LogP) is 6.47. The Hall–Kier alpha value is -6.06. The SMILES string of the molecule is Cc1ncsc1-c1ccc([C@H](C)NC(=O)[C@@H]2C[C@@H](O)CN2C(=O)[C@@H](NC(=O)C2CCC2C(=O)N2CCC(c3cc(Nc4cc(C#N)ccn4)nc(N4CCC(F)(F)C4)c3)CC2)C(C)(C)C)cc1. The molecule has 4 aromatic rings. The number of nitriles is 1. The molecule has 1 aliphatic carbocycles. The standard InChI is InChI=1S/C49H58F2N10O5S/c1-28(31-6-8-33(9-7-31)42-29(2)54-27-67-42)55-45(64)38-23-35(62)25-61(38)47(66)43(48(3,4)5)58-44(63)36-10-11-37(36)46(65)59-17-13-32(14-18-59)34-21-40(56-39-20-30(24-52)12-16-53-39)57-41(22-34)60-19-15-49(50,51)26-60/h6-9,12,16,20-22,27-28,32,35-38,43,62H,10-11,13-15,17-19,23,25-26H2,1-5H3,(H,55,64)(H,58,63)(H,53,56,57)/t28-,35+,36?,37?,38-,43+/m0/s1. The van der Waals surface area contributed by atoms with E-state index in [2.05, 4.69) is 37.0 Å². The first kappa shape index (κ1) is 47.4. The van der Waals surface area contributed by atoms with Crippen molar-refractivity contribution < 1.29 is 33.1 Å². The molecule has 0 radical (unpaired) electrons. The first-order valence-corrected chi connectivity index (χ1v) is 23.9. The zero-order chi connectivity index (χ0) is 47.8. The van der Waals surface area contributed by atoms with Gasteiger partial charge < -0.3 is 35.8 Å². The van der Waals surface area contributed by atoms with Gasteiger partial charge >= 0.3 is 0 Å². The van der Waals surface area contributed by atoms with E-state index in [1.54, 1.807) is 38.8 Å². The number of alkyl halides is 2. The number of benzene rings is 1. The average molecular weight is 937 g/mol. The van der Waals surface area contributed by atoms with Gasteiger partial charge in [0.1, 0.15) is 29.5 Å². The Balaban J connectivity index is 0.889. The van der Waals surface area contributed by atoms with E-state index in [4.69, 9.17) is 0 Å². The number of nitrogens with one attached hydrogen (secondary N) is 3. The summed E-state index contributed by atoms with van der Waals surface area (Å²) in [6.45, 7) is 9.84. The molecule has 18 heteroatoms. The largest absolute Gasteiger partial charge is 0.391 e. The maximum atomic E-state index is 14.4. The molecule has 6 atom stereocenters. The van der Waals surface area contributed by atoms with Crippen molar-refractivity contribution in [2.75, 3.05) is 42.9 Å². The number of aryl methyl sites for hydroxylation is 1. The van der Waals surface area contributed by atoms with Crippen molar-refractivity contribution in [1.82, 2.24) is 35.4 Å². The highest BCUT2D eigenvalue weighted by Crippen LogP contribution is 2.40. The van der Waals surface area contributed by atoms with Crippen molar-refractivity contribution in [3.63, 3.8) is 0 Å². The average Bonchev–Trinajstić information content (AvgIpc) is 4.01. The van der Waals surface area contributed by atoms with Crippen LogP contribution in [-0.4, -0.2) is 110 Å². The highest BCUT2D eigenvalue weighted by molar-refractivity contribution is 7.13. The van der Waals surface area contributed by atoms with Gasteiger partial charge in [-0.15, -0.1) is 11.3 Å². The molecule has 8 rings (SSSR count). The predicted molar refractivity (Wildman–Crippen MR) is 249 cm³/mol. The number of likely N-dealkylation sites (tertiary alicyclic amines) is 2. The quantitative estimate of drug-likeness (QED) is 0.122. The fraction of sp³-hybridized carbons (Fsp3) is 0.510. The van der Waals surface area contributed by atoms with Crippen molar-refractivity contribution in [2.45, 2.75) is 109 Å². The van der Waals surface area contributed by atoms with Gasteiger partial charge in [-0.2, -0.15) is 5.26 Å². The number of hydrogen-bond donors (Lipinski definition) is 4. The molecule has 3 saturated heterocycles. The lowest BCUT2D eigenvalue weighted by Crippen LogP contribution is -2.60. The van der Waals surface area contributed by atoms with Crippen LogP contribution >= 0.6 is 11.3 Å². The Labute approximate surface area is 393 Å². The van der Waals surface area contributed by atoms with Crippen LogP contribution in [0.25, 0.3) is 10.4 Å². The van der Waals surface area contributed by atoms with Crippen molar-refractivity contribution in [3.8, 4) is 16.5 Å². The van der Waals surface area contributed by atoms with Crippen molar-refractivity contribution >= 4 is 52.4 Å². The van der Waals surface area contributed by atoms with Gasteiger partial charge in [-0.3, -0.25) is 19.2 Å². The number of pyridine rings is 2. The number of amides is 4. The summed E-state index contributed by atoms with van der Waals surface area (Å²) in [5.41, 5.74) is 5.18. The number of nitrogens with zero attached hydrogens (tertiary/aromatic N) is 7. The summed E-state index contributed by atoms with van der Waals surface area (Å²) in [6.07, 6.45) is 2.59. The lowest BCUT2D eigenvalue weighted by Gasteiger charge is -2.42. The van der Waals surface area contributed by atoms with Gasteiger partial charge in [0.05, 0.1) is 46.4 Å². The first-order chi connectivity index (χ1) is 31.9. The van der Waals surface area contributed by atoms with Crippen LogP contribution in [0, 0.1) is 35.5 Å². The number of carbonyl (C=O) groups excluding carboxylic acids is 4. The Morgan fingerprint density at radius 1 is 0.940 bits per heavy atom. The van der Waals surface area contributed by atoms with Gasteiger partial charge in [-0.25, -0.2) is 23.7 Å². The van der Waals surface area contributed by atoms with Gasteiger partial charge in [-0.05, 0) is 91.8 Å². The molecule has 3 aliphatic heterocycles. The molecule has 67 heavy (non-hydrogen) atoms. The molecule has 4 amide bonds. The second-order valence-corrected chi connectivity index (χ2v) is 20.4. The number of hydrogen-bond acceptors (Lipinski definition) is 12. The molecule has 4 N–H and O–H groups in total. The zero-order valence-electron chi connectivity index (χ0n) is 38.5. The number of aliphatic hydroxyl groups excluding tert-OH is 1. The van der Waals surface area contributed by atoms with E-state index in [0.29, 0.717) is 61.8 Å². The molecule has 3 aromatic heterocycles. The normalized spacial score (nSPS) is 22.6. The molecule has 6 heterocycles. The van der Waals surface area contributed by atoms with Crippen LogP contribution in [0.3, 0.4) is 0 Å². The van der Waals surface area contributed by atoms with Crippen molar-refractivity contribution in [3.05, 3.63) is 82.6 Å². The van der Waals surface area contributed by atoms with Crippen LogP contribution in [-0.2, 0) is 19.2 Å². The van der Waals surface area contributed by atoms with Crippen LogP contribution in [0.15, 0.2) is 60.2 Å². The maximum absolute atomic E-state index is 14.4. The van der Waals surface area contributed by atoms with E-state index in [9.17, 15) is 38.3 Å². The Morgan fingerprint density at radius 2 is 1.67 bits per heavy atom. The van der Waals surface area contributed by atoms with E-state index < -0.39 is 65.6 Å². The number of carbonyl (C=O) groups is 4. The summed E-state index contributed by atoms with van der Waals surface area (Å²) in [4.78, 5) is 75.4. The van der Waals surface area contributed by atoms with E-state index in [0.717, 1.165) is 27.3 Å². The second kappa shape index (κ2) is 19.3. The number of piperidine rings is 1. The molecule has 15 nitrogen and oxygen atoms in total. The van der Waals surface area contributed by atoms with Gasteiger partial charge in [0.25, 0.3) is 5.92 Å². The van der Waals surface area contributed by atoms with Crippen LogP contribution in [0.1, 0.15) is 101 Å². The van der Waals surface area contributed by atoms with Crippen molar-refractivity contribution in [1.29, 1.82) is 5.26 Å². The number of rotatable bonds is 12. The third kappa shape index (κ3) is 10.6. The molecular formula is C49H58F2N10O5S. The fourth-order valence-corrected chi connectivity index (χ4v) is 10.5. The zero-order valence-corrected chi connectivity index (χ0v) is 39.3. The summed E-state index contributed by atoms with van der Waals surface area (Å²) < 4.78 is 28.6. The summed E-state index contributed by atoms with van der Waals surface area (Å²) >= 11 is 1.56. The van der Waals surface area contributed by atoms with E-state index >= 15 is 0 Å². The Morgan fingerprint density at radius 3 is 2.30 bits per heavy atom. The number of aromatic nitrogens is 3. The molecule has 0 bridgehead atoms. The monoisotopic (exact) mass is 936 g/mol. The highest BCUT2D eigenvalue weighted by atomic mass is 32.1. The van der Waals surface area contributed by atoms with Gasteiger partial charge in [0, 0.05) is 57.1 Å². The lowest BCUT2D eigenvalue weighted by atomic mass is 9.71. The number of thiazole rings is 1. The highest BCUT2D eigenvalue weighted by Gasteiger charge is 2.48. The van der Waals surface area contributed by atoms with Crippen molar-refractivity contribution in [2.24, 2.45) is 17.3 Å².